The minimum Gasteiger partial charge on any atom is -0.449 e. The molecule has 7 heteroatoms. The first kappa shape index (κ1) is 21.8. The number of anilines is 1. The molecular weight excluding hydrogens is 388 g/mol. The summed E-state index contributed by atoms with van der Waals surface area (Å²) in [4.78, 5) is 40.7. The fraction of sp³-hybridized carbons (Fsp3) is 0.682. The molecule has 1 atom stereocenters. The summed E-state index contributed by atoms with van der Waals surface area (Å²) in [5, 5.41) is 3.33. The maximum atomic E-state index is 13.0. The van der Waals surface area contributed by atoms with Crippen LogP contribution in [0.2, 0.25) is 0 Å². The van der Waals surface area contributed by atoms with Gasteiger partial charge in [0.1, 0.15) is 5.00 Å². The van der Waals surface area contributed by atoms with Crippen LogP contribution in [0, 0.1) is 0 Å². The van der Waals surface area contributed by atoms with E-state index in [0.717, 1.165) is 61.8 Å². The van der Waals surface area contributed by atoms with E-state index in [-0.39, 0.29) is 17.9 Å². The summed E-state index contributed by atoms with van der Waals surface area (Å²) >= 11 is 1.46. The van der Waals surface area contributed by atoms with Crippen molar-refractivity contribution in [3.05, 3.63) is 16.0 Å². The number of hydrogen-bond acceptors (Lipinski definition) is 5. The van der Waals surface area contributed by atoms with Gasteiger partial charge < -0.3 is 15.0 Å². The van der Waals surface area contributed by atoms with Crippen LogP contribution in [0.5, 0.6) is 0 Å². The molecule has 0 radical (unpaired) electrons. The molecule has 2 amide bonds. The van der Waals surface area contributed by atoms with E-state index < -0.39 is 12.1 Å². The van der Waals surface area contributed by atoms with Crippen molar-refractivity contribution < 1.29 is 19.1 Å². The van der Waals surface area contributed by atoms with Gasteiger partial charge >= 0.3 is 5.97 Å². The second kappa shape index (κ2) is 9.74. The van der Waals surface area contributed by atoms with Crippen LogP contribution in [0.25, 0.3) is 0 Å². The molecule has 2 aliphatic carbocycles. The molecule has 1 fully saturated rings. The lowest BCUT2D eigenvalue weighted by atomic mass is 9.94. The maximum Gasteiger partial charge on any atom is 0.342 e. The second-order valence-corrected chi connectivity index (χ2v) is 9.17. The Labute approximate surface area is 177 Å². The number of nitrogens with zero attached hydrogens (tertiary/aromatic N) is 1. The van der Waals surface area contributed by atoms with Gasteiger partial charge in [0.05, 0.1) is 5.56 Å². The van der Waals surface area contributed by atoms with E-state index in [4.69, 9.17) is 4.74 Å². The van der Waals surface area contributed by atoms with Crippen LogP contribution in [-0.2, 0) is 27.2 Å². The van der Waals surface area contributed by atoms with E-state index in [9.17, 15) is 14.4 Å². The van der Waals surface area contributed by atoms with Crippen molar-refractivity contribution in [1.82, 2.24) is 4.90 Å². The van der Waals surface area contributed by atoms with Gasteiger partial charge in [-0.15, -0.1) is 11.3 Å². The summed E-state index contributed by atoms with van der Waals surface area (Å²) in [5.41, 5.74) is 1.43. The summed E-state index contributed by atoms with van der Waals surface area (Å²) in [6.07, 6.45) is 8.53. The van der Waals surface area contributed by atoms with Crippen LogP contribution in [0.15, 0.2) is 0 Å². The summed E-state index contributed by atoms with van der Waals surface area (Å²) in [5.74, 6) is -0.845. The SMILES string of the molecule is CCN(C(=O)[C@H](C)OC(=O)c1c(NC(C)=O)sc2c1CCCC2)C1CCCCC1. The quantitative estimate of drug-likeness (QED) is 0.696. The van der Waals surface area contributed by atoms with E-state index >= 15 is 0 Å². The van der Waals surface area contributed by atoms with Crippen molar-refractivity contribution >= 4 is 34.1 Å². The number of carbonyl (C=O) groups is 3. The number of likely N-dealkylation sites (N-methyl/N-ethyl adjacent to an activating group) is 1. The van der Waals surface area contributed by atoms with Gasteiger partial charge in [0.25, 0.3) is 5.91 Å². The number of nitrogens with one attached hydrogen (secondary N) is 1. The zero-order chi connectivity index (χ0) is 21.0. The average molecular weight is 421 g/mol. The highest BCUT2D eigenvalue weighted by Crippen LogP contribution is 2.38. The molecule has 1 aromatic heterocycles. The normalized spacial score (nSPS) is 17.9. The molecule has 160 valence electrons. The van der Waals surface area contributed by atoms with Crippen molar-refractivity contribution in [2.45, 2.75) is 90.7 Å². The Balaban J connectivity index is 1.75. The van der Waals surface area contributed by atoms with Crippen molar-refractivity contribution in [3.8, 4) is 0 Å². The summed E-state index contributed by atoms with van der Waals surface area (Å²) in [6, 6.07) is 0.242. The number of fused-ring (bicyclic) bond motifs is 1. The van der Waals surface area contributed by atoms with E-state index in [1.165, 1.54) is 24.7 Å². The Bertz CT molecular complexity index is 767. The Hall–Kier alpha value is -1.89. The highest BCUT2D eigenvalue weighted by molar-refractivity contribution is 7.17. The molecule has 0 saturated heterocycles. The molecule has 1 saturated carbocycles. The zero-order valence-corrected chi connectivity index (χ0v) is 18.5. The molecule has 3 rings (SSSR count). The minimum atomic E-state index is -0.839. The highest BCUT2D eigenvalue weighted by Gasteiger charge is 2.32. The molecule has 0 bridgehead atoms. The molecule has 0 spiro atoms. The summed E-state index contributed by atoms with van der Waals surface area (Å²) in [7, 11) is 0. The highest BCUT2D eigenvalue weighted by atomic mass is 32.1. The van der Waals surface area contributed by atoms with Crippen LogP contribution >= 0.6 is 11.3 Å². The molecule has 0 aromatic carbocycles. The van der Waals surface area contributed by atoms with E-state index in [0.29, 0.717) is 17.1 Å². The van der Waals surface area contributed by atoms with Gasteiger partial charge in [0.2, 0.25) is 5.91 Å². The van der Waals surface area contributed by atoms with Gasteiger partial charge in [0.15, 0.2) is 6.10 Å². The van der Waals surface area contributed by atoms with Gasteiger partial charge in [-0.25, -0.2) is 4.79 Å². The molecule has 1 aromatic rings. The molecule has 0 unspecified atom stereocenters. The monoisotopic (exact) mass is 420 g/mol. The first-order valence-corrected chi connectivity index (χ1v) is 11.7. The number of ether oxygens (including phenoxy) is 1. The van der Waals surface area contributed by atoms with E-state index in [1.807, 2.05) is 11.8 Å². The molecule has 29 heavy (non-hydrogen) atoms. The first-order valence-electron chi connectivity index (χ1n) is 10.9. The molecule has 6 nitrogen and oxygen atoms in total. The number of carbonyl (C=O) groups excluding carboxylic acids is 3. The lowest BCUT2D eigenvalue weighted by Crippen LogP contribution is -2.46. The number of amides is 2. The zero-order valence-electron chi connectivity index (χ0n) is 17.7. The smallest absolute Gasteiger partial charge is 0.342 e. The van der Waals surface area contributed by atoms with E-state index in [2.05, 4.69) is 5.32 Å². The Kier molecular flexibility index (Phi) is 7.33. The lowest BCUT2D eigenvalue weighted by molar-refractivity contribution is -0.142. The Morgan fingerprint density at radius 2 is 1.83 bits per heavy atom. The number of thiophene rings is 1. The van der Waals surface area contributed by atoms with Crippen LogP contribution < -0.4 is 5.32 Å². The van der Waals surface area contributed by atoms with Gasteiger partial charge in [-0.05, 0) is 57.9 Å². The summed E-state index contributed by atoms with van der Waals surface area (Å²) in [6.45, 7) is 5.69. The lowest BCUT2D eigenvalue weighted by Gasteiger charge is -2.35. The first-order chi connectivity index (χ1) is 13.9. The molecule has 1 N–H and O–H groups in total. The van der Waals surface area contributed by atoms with Crippen molar-refractivity contribution in [2.75, 3.05) is 11.9 Å². The average Bonchev–Trinajstić information content (AvgIpc) is 3.06. The summed E-state index contributed by atoms with van der Waals surface area (Å²) < 4.78 is 5.64. The third kappa shape index (κ3) is 5.00. The van der Waals surface area contributed by atoms with Crippen molar-refractivity contribution in [3.63, 3.8) is 0 Å². The standard InChI is InChI=1S/C22H32N2O4S/c1-4-24(16-10-6-5-7-11-16)21(26)14(2)28-22(27)19-17-12-8-9-13-18(17)29-20(19)23-15(3)25/h14,16H,4-13H2,1-3H3,(H,23,25)/t14-/m0/s1. The third-order valence-electron chi connectivity index (χ3n) is 5.94. The minimum absolute atomic E-state index is 0.127. The maximum absolute atomic E-state index is 13.0. The third-order valence-corrected chi connectivity index (χ3v) is 7.14. The van der Waals surface area contributed by atoms with Gasteiger partial charge in [0, 0.05) is 24.4 Å². The van der Waals surface area contributed by atoms with Crippen LogP contribution in [0.1, 0.15) is 86.5 Å². The van der Waals surface area contributed by atoms with Gasteiger partial charge in [-0.3, -0.25) is 9.59 Å². The number of esters is 1. The topological polar surface area (TPSA) is 75.7 Å². The molecule has 2 aliphatic rings. The Morgan fingerprint density at radius 1 is 1.14 bits per heavy atom. The van der Waals surface area contributed by atoms with Crippen molar-refractivity contribution in [2.24, 2.45) is 0 Å². The number of aryl methyl sites for hydroxylation is 1. The predicted octanol–water partition coefficient (Wildman–Crippen LogP) is 4.31. The number of hydrogen-bond donors (Lipinski definition) is 1. The Morgan fingerprint density at radius 3 is 2.48 bits per heavy atom. The van der Waals surface area contributed by atoms with Crippen LogP contribution in [0.4, 0.5) is 5.00 Å². The fourth-order valence-corrected chi connectivity index (χ4v) is 5.84. The predicted molar refractivity (Wildman–Crippen MR) is 114 cm³/mol. The van der Waals surface area contributed by atoms with Crippen molar-refractivity contribution in [1.29, 1.82) is 0 Å². The molecule has 1 heterocycles. The molecule has 0 aliphatic heterocycles. The number of rotatable bonds is 6. The van der Waals surface area contributed by atoms with Gasteiger partial charge in [-0.2, -0.15) is 0 Å². The largest absolute Gasteiger partial charge is 0.449 e. The molecular formula is C22H32N2O4S. The van der Waals surface area contributed by atoms with Crippen LogP contribution in [-0.4, -0.2) is 41.4 Å². The fourth-order valence-electron chi connectivity index (χ4n) is 4.52. The van der Waals surface area contributed by atoms with Gasteiger partial charge in [-0.1, -0.05) is 19.3 Å². The van der Waals surface area contributed by atoms with Crippen LogP contribution in [0.3, 0.4) is 0 Å². The second-order valence-electron chi connectivity index (χ2n) is 8.06. The van der Waals surface area contributed by atoms with E-state index in [1.54, 1.807) is 6.92 Å².